The predicted molar refractivity (Wildman–Crippen MR) is 112 cm³/mol. The number of primary amides is 1. The highest BCUT2D eigenvalue weighted by Crippen LogP contribution is 2.34. The van der Waals surface area contributed by atoms with Crippen LogP contribution in [0, 0.1) is 11.3 Å². The molecule has 160 valence electrons. The zero-order valence-electron chi connectivity index (χ0n) is 16.8. The maximum Gasteiger partial charge on any atom is 0.321 e. The summed E-state index contributed by atoms with van der Waals surface area (Å²) in [6.45, 7) is 5.70. The highest BCUT2D eigenvalue weighted by Gasteiger charge is 2.36. The minimum absolute atomic E-state index is 0. The average molecular weight is 424 g/mol. The summed E-state index contributed by atoms with van der Waals surface area (Å²) in [5.41, 5.74) is 9.16. The molecule has 3 N–H and O–H groups in total. The minimum atomic E-state index is -0.701. The van der Waals surface area contributed by atoms with Crippen molar-refractivity contribution in [1.29, 1.82) is 5.26 Å². The van der Waals surface area contributed by atoms with E-state index in [9.17, 15) is 14.9 Å². The van der Waals surface area contributed by atoms with Gasteiger partial charge in [-0.2, -0.15) is 5.26 Å². The molecule has 0 saturated carbocycles. The molecular weight excluding hydrogens is 394 g/mol. The first-order chi connectivity index (χ1) is 13.5. The fraction of sp³-hybridized carbons (Fsp3) is 0.550. The second-order valence-electron chi connectivity index (χ2n) is 6.89. The molecule has 0 bridgehead atoms. The first kappa shape index (κ1) is 24.9. The quantitative estimate of drug-likeness (QED) is 0.763. The molecule has 0 unspecified atom stereocenters. The molecule has 0 spiro atoms. The third kappa shape index (κ3) is 6.98. The normalized spacial score (nSPS) is 18.6. The molecule has 9 heteroatoms. The largest absolute Gasteiger partial charge is 0.370 e. The summed E-state index contributed by atoms with van der Waals surface area (Å²) >= 11 is 0. The number of nitrogens with zero attached hydrogens (tertiary/aromatic N) is 3. The van der Waals surface area contributed by atoms with E-state index in [1.807, 2.05) is 18.2 Å². The third-order valence-electron chi connectivity index (χ3n) is 4.99. The molecule has 2 aliphatic heterocycles. The second kappa shape index (κ2) is 12.4. The van der Waals surface area contributed by atoms with Crippen molar-refractivity contribution in [3.8, 4) is 6.07 Å². The number of piperidine rings is 1. The summed E-state index contributed by atoms with van der Waals surface area (Å²) < 4.78 is 4.76. The molecule has 1 aromatic carbocycles. The number of nitriles is 1. The summed E-state index contributed by atoms with van der Waals surface area (Å²) in [6.07, 6.45) is 2.95. The van der Waals surface area contributed by atoms with Crippen LogP contribution in [0.25, 0.3) is 0 Å². The van der Waals surface area contributed by atoms with Gasteiger partial charge in [0.15, 0.2) is 0 Å². The Morgan fingerprint density at radius 2 is 1.93 bits per heavy atom. The topological polar surface area (TPSA) is 112 Å². The second-order valence-corrected chi connectivity index (χ2v) is 6.89. The number of rotatable bonds is 4. The SMILES string of the molecule is CCCNN1CCC(C#N)(c2ccccc2)CC1.Cl.NC(=O)N1CCOCC1=O. The van der Waals surface area contributed by atoms with Gasteiger partial charge in [0.25, 0.3) is 5.91 Å². The van der Waals surface area contributed by atoms with E-state index in [1.54, 1.807) is 0 Å². The van der Waals surface area contributed by atoms with E-state index >= 15 is 0 Å². The Bertz CT molecular complexity index is 687. The third-order valence-corrected chi connectivity index (χ3v) is 4.99. The Hall–Kier alpha value is -2.18. The average Bonchev–Trinajstić information content (AvgIpc) is 2.74. The number of nitrogens with one attached hydrogen (secondary N) is 1. The molecule has 0 atom stereocenters. The molecule has 2 heterocycles. The van der Waals surface area contributed by atoms with Gasteiger partial charge in [0.2, 0.25) is 0 Å². The number of halogens is 1. The Kier molecular flexibility index (Phi) is 10.6. The zero-order valence-corrected chi connectivity index (χ0v) is 17.6. The van der Waals surface area contributed by atoms with E-state index in [0.29, 0.717) is 6.61 Å². The number of imide groups is 1. The van der Waals surface area contributed by atoms with Crippen LogP contribution in [-0.2, 0) is 14.9 Å². The molecule has 0 radical (unpaired) electrons. The summed E-state index contributed by atoms with van der Waals surface area (Å²) in [5.74, 6) is -0.362. The van der Waals surface area contributed by atoms with E-state index in [4.69, 9.17) is 10.5 Å². The molecule has 1 aromatic rings. The molecule has 8 nitrogen and oxygen atoms in total. The first-order valence-corrected chi connectivity index (χ1v) is 9.65. The molecule has 2 saturated heterocycles. The lowest BCUT2D eigenvalue weighted by molar-refractivity contribution is -0.138. The fourth-order valence-electron chi connectivity index (χ4n) is 3.29. The van der Waals surface area contributed by atoms with Crippen LogP contribution in [0.1, 0.15) is 31.7 Å². The van der Waals surface area contributed by atoms with Crippen molar-refractivity contribution in [2.45, 2.75) is 31.6 Å². The minimum Gasteiger partial charge on any atom is -0.370 e. The number of morpholine rings is 1. The van der Waals surface area contributed by atoms with Crippen molar-refractivity contribution in [3.05, 3.63) is 35.9 Å². The Morgan fingerprint density at radius 1 is 1.28 bits per heavy atom. The van der Waals surface area contributed by atoms with Gasteiger partial charge in [-0.1, -0.05) is 37.3 Å². The number of nitrogens with two attached hydrogens (primary N) is 1. The van der Waals surface area contributed by atoms with Crippen LogP contribution in [0.2, 0.25) is 0 Å². The highest BCUT2D eigenvalue weighted by molar-refractivity contribution is 5.94. The Balaban J connectivity index is 0.000000327. The van der Waals surface area contributed by atoms with E-state index < -0.39 is 6.03 Å². The smallest absolute Gasteiger partial charge is 0.321 e. The van der Waals surface area contributed by atoms with Gasteiger partial charge in [-0.3, -0.25) is 15.1 Å². The summed E-state index contributed by atoms with van der Waals surface area (Å²) in [5, 5.41) is 11.8. The van der Waals surface area contributed by atoms with Gasteiger partial charge in [0, 0.05) is 19.6 Å². The van der Waals surface area contributed by atoms with Crippen molar-refractivity contribution < 1.29 is 14.3 Å². The lowest BCUT2D eigenvalue weighted by Crippen LogP contribution is -2.48. The van der Waals surface area contributed by atoms with Crippen molar-refractivity contribution >= 4 is 24.3 Å². The predicted octanol–water partition coefficient (Wildman–Crippen LogP) is 1.80. The van der Waals surface area contributed by atoms with Gasteiger partial charge in [-0.25, -0.2) is 9.80 Å². The number of ether oxygens (including phenoxy) is 1. The number of hydrogen-bond donors (Lipinski definition) is 2. The lowest BCUT2D eigenvalue weighted by Gasteiger charge is -2.37. The fourth-order valence-corrected chi connectivity index (χ4v) is 3.29. The van der Waals surface area contributed by atoms with Crippen LogP contribution in [0.3, 0.4) is 0 Å². The Labute approximate surface area is 178 Å². The number of amides is 3. The van der Waals surface area contributed by atoms with E-state index in [2.05, 4.69) is 35.6 Å². The molecule has 29 heavy (non-hydrogen) atoms. The molecule has 3 amide bonds. The molecular formula is C20H30ClN5O3. The molecule has 2 aliphatic rings. The maximum atomic E-state index is 10.7. The van der Waals surface area contributed by atoms with Crippen LogP contribution >= 0.6 is 12.4 Å². The highest BCUT2D eigenvalue weighted by atomic mass is 35.5. The Morgan fingerprint density at radius 3 is 2.41 bits per heavy atom. The number of hydrazine groups is 1. The van der Waals surface area contributed by atoms with Gasteiger partial charge in [-0.05, 0) is 24.8 Å². The zero-order chi connectivity index (χ0) is 20.4. The van der Waals surface area contributed by atoms with E-state index in [0.717, 1.165) is 43.8 Å². The van der Waals surface area contributed by atoms with Gasteiger partial charge in [0.1, 0.15) is 6.61 Å². The van der Waals surface area contributed by atoms with Gasteiger partial charge in [0.05, 0.1) is 24.6 Å². The van der Waals surface area contributed by atoms with Crippen LogP contribution in [0.5, 0.6) is 0 Å². The van der Waals surface area contributed by atoms with Crippen molar-refractivity contribution in [1.82, 2.24) is 15.3 Å². The summed E-state index contributed by atoms with van der Waals surface area (Å²) in [6, 6.07) is 12.1. The first-order valence-electron chi connectivity index (χ1n) is 9.65. The van der Waals surface area contributed by atoms with Gasteiger partial charge in [-0.15, -0.1) is 12.4 Å². The van der Waals surface area contributed by atoms with Gasteiger partial charge < -0.3 is 10.5 Å². The summed E-state index contributed by atoms with van der Waals surface area (Å²) in [4.78, 5) is 22.1. The van der Waals surface area contributed by atoms with Crippen molar-refractivity contribution in [2.24, 2.45) is 5.73 Å². The molecule has 2 fully saturated rings. The van der Waals surface area contributed by atoms with Crippen LogP contribution in [0.4, 0.5) is 4.79 Å². The van der Waals surface area contributed by atoms with E-state index in [1.165, 1.54) is 5.56 Å². The number of hydrogen-bond acceptors (Lipinski definition) is 6. The van der Waals surface area contributed by atoms with Crippen LogP contribution in [0.15, 0.2) is 30.3 Å². The molecule has 0 aromatic heterocycles. The lowest BCUT2D eigenvalue weighted by atomic mass is 9.74. The number of carbonyl (C=O) groups is 2. The van der Waals surface area contributed by atoms with Crippen molar-refractivity contribution in [2.75, 3.05) is 39.4 Å². The van der Waals surface area contributed by atoms with Crippen LogP contribution < -0.4 is 11.2 Å². The standard InChI is InChI=1S/C15H21N3.C5H8N2O3.ClH/c1-2-10-17-18-11-8-15(13-16,9-12-18)14-6-4-3-5-7-14;6-5(9)7-1-2-10-3-4(7)8;/h3-7,17H,2,8-12H2,1H3;1-3H2,(H2,6,9);1H. The maximum absolute atomic E-state index is 10.7. The molecule has 3 rings (SSSR count). The van der Waals surface area contributed by atoms with E-state index in [-0.39, 0.29) is 36.9 Å². The van der Waals surface area contributed by atoms with Crippen molar-refractivity contribution in [3.63, 3.8) is 0 Å². The van der Waals surface area contributed by atoms with Crippen LogP contribution in [-0.4, -0.2) is 61.2 Å². The molecule has 0 aliphatic carbocycles. The van der Waals surface area contributed by atoms with Gasteiger partial charge >= 0.3 is 6.03 Å². The number of urea groups is 1. The summed E-state index contributed by atoms with van der Waals surface area (Å²) in [7, 11) is 0. The monoisotopic (exact) mass is 423 g/mol. The number of carbonyl (C=O) groups excluding carboxylic acids is 2. The number of benzene rings is 1.